The predicted molar refractivity (Wildman–Crippen MR) is 108 cm³/mol. The molecule has 152 valence electrons. The summed E-state index contributed by atoms with van der Waals surface area (Å²) in [6.07, 6.45) is 8.30. The van der Waals surface area contributed by atoms with Gasteiger partial charge in [0, 0.05) is 24.2 Å². The first kappa shape index (κ1) is 22.4. The molecule has 1 aliphatic heterocycles. The van der Waals surface area contributed by atoms with Crippen LogP contribution in [0.25, 0.3) is 0 Å². The Bertz CT molecular complexity index is 871. The Morgan fingerprint density at radius 1 is 1.25 bits per heavy atom. The average Bonchev–Trinajstić information content (AvgIpc) is 2.61. The second kappa shape index (κ2) is 10.0. The number of fused-ring (bicyclic) bond motifs is 1. The zero-order chi connectivity index (χ0) is 20.7. The highest BCUT2D eigenvalue weighted by Crippen LogP contribution is 2.41. The Hall–Kier alpha value is -1.92. The van der Waals surface area contributed by atoms with Crippen molar-refractivity contribution < 1.29 is 28.4 Å². The highest BCUT2D eigenvalue weighted by atomic mass is 35.5. The van der Waals surface area contributed by atoms with Crippen LogP contribution in [0.5, 0.6) is 5.75 Å². The fourth-order valence-corrected chi connectivity index (χ4v) is 3.41. The lowest BCUT2D eigenvalue weighted by molar-refractivity contribution is 0.0508. The number of hydrogen-bond donors (Lipinski definition) is 2. The zero-order valence-corrected chi connectivity index (χ0v) is 17.4. The van der Waals surface area contributed by atoms with Crippen LogP contribution in [0.1, 0.15) is 42.1 Å². The Labute approximate surface area is 169 Å². The Morgan fingerprint density at radius 2 is 1.96 bits per heavy atom. The van der Waals surface area contributed by atoms with Crippen LogP contribution in [0.15, 0.2) is 40.9 Å². The number of cyclic esters (lactones) is 1. The lowest BCUT2D eigenvalue weighted by Crippen LogP contribution is -2.14. The van der Waals surface area contributed by atoms with Gasteiger partial charge in [-0.2, -0.15) is 0 Å². The van der Waals surface area contributed by atoms with Crippen LogP contribution in [0, 0.1) is 0 Å². The minimum Gasteiger partial charge on any atom is -0.462 e. The van der Waals surface area contributed by atoms with Crippen molar-refractivity contribution in [3.63, 3.8) is 0 Å². The second-order valence-corrected chi connectivity index (χ2v) is 7.87. The number of carbonyl (C=O) groups excluding carboxylic acids is 1. The van der Waals surface area contributed by atoms with Crippen molar-refractivity contribution >= 4 is 31.1 Å². The molecule has 1 aromatic carbocycles. The van der Waals surface area contributed by atoms with Gasteiger partial charge in [0.05, 0.1) is 6.61 Å². The maximum atomic E-state index is 12.7. The lowest BCUT2D eigenvalue weighted by atomic mass is 9.98. The van der Waals surface area contributed by atoms with E-state index in [1.165, 1.54) is 12.1 Å². The second-order valence-electron chi connectivity index (χ2n) is 6.30. The van der Waals surface area contributed by atoms with Gasteiger partial charge in [-0.05, 0) is 50.0 Å². The summed E-state index contributed by atoms with van der Waals surface area (Å²) in [5.41, 5.74) is 2.02. The molecule has 0 spiro atoms. The third kappa shape index (κ3) is 6.60. The molecule has 0 atom stereocenters. The molecule has 0 saturated carbocycles. The predicted octanol–water partition coefficient (Wildman–Crippen LogP) is 4.27. The average molecular weight is 428 g/mol. The van der Waals surface area contributed by atoms with Crippen molar-refractivity contribution in [2.75, 3.05) is 13.7 Å². The summed E-state index contributed by atoms with van der Waals surface area (Å²) in [5, 5.41) is 0.254. The van der Waals surface area contributed by atoms with Gasteiger partial charge in [0.25, 0.3) is 0 Å². The van der Waals surface area contributed by atoms with Crippen LogP contribution in [0.3, 0.4) is 0 Å². The highest BCUT2D eigenvalue weighted by Gasteiger charge is 2.27. The van der Waals surface area contributed by atoms with Gasteiger partial charge in [0.15, 0.2) is 0 Å². The van der Waals surface area contributed by atoms with E-state index in [1.807, 2.05) is 25.2 Å². The van der Waals surface area contributed by atoms with Crippen molar-refractivity contribution in [2.45, 2.75) is 32.6 Å². The van der Waals surface area contributed by atoms with Crippen LogP contribution < -0.4 is 4.52 Å². The fourth-order valence-electron chi connectivity index (χ4n) is 2.77. The number of phosphoric acid groups is 1. The van der Waals surface area contributed by atoms with E-state index in [0.717, 1.165) is 18.4 Å². The molecule has 0 radical (unpaired) electrons. The van der Waals surface area contributed by atoms with Gasteiger partial charge in [-0.15, -0.1) is 0 Å². The molecule has 7 nitrogen and oxygen atoms in total. The smallest absolute Gasteiger partial charge is 0.462 e. The Kier molecular flexibility index (Phi) is 8.01. The summed E-state index contributed by atoms with van der Waals surface area (Å²) in [4.78, 5) is 35.4. The van der Waals surface area contributed by atoms with Crippen LogP contribution in [-0.2, 0) is 15.7 Å². The molecule has 1 heterocycles. The summed E-state index contributed by atoms with van der Waals surface area (Å²) in [6.45, 7) is 2.12. The quantitative estimate of drug-likeness (QED) is 0.415. The van der Waals surface area contributed by atoms with E-state index >= 15 is 0 Å². The van der Waals surface area contributed by atoms with Gasteiger partial charge in [0.2, 0.25) is 0 Å². The number of allylic oxidation sites excluding steroid dienone is 3. The number of rotatable bonds is 2. The third-order valence-corrected chi connectivity index (χ3v) is 4.88. The molecule has 0 fully saturated rings. The largest absolute Gasteiger partial charge is 0.524 e. The van der Waals surface area contributed by atoms with E-state index < -0.39 is 13.8 Å². The van der Waals surface area contributed by atoms with Gasteiger partial charge in [-0.3, -0.25) is 14.8 Å². The maximum absolute atomic E-state index is 12.7. The van der Waals surface area contributed by atoms with Crippen LogP contribution >= 0.6 is 19.4 Å². The SMILES string of the molecule is CN=C1/C=C(\C)CC/C=C/CCOC(=O)c2c(OP(=O)(O)O)ccc(Cl)c2C1. The van der Waals surface area contributed by atoms with Crippen LogP contribution in [-0.4, -0.2) is 35.1 Å². The van der Waals surface area contributed by atoms with Crippen molar-refractivity contribution in [1.29, 1.82) is 0 Å². The first-order valence-electron chi connectivity index (χ1n) is 8.72. The van der Waals surface area contributed by atoms with Crippen molar-refractivity contribution in [2.24, 2.45) is 4.99 Å². The summed E-state index contributed by atoms with van der Waals surface area (Å²) in [5.74, 6) is -1.04. The van der Waals surface area contributed by atoms with Crippen molar-refractivity contribution in [3.8, 4) is 5.75 Å². The molecule has 0 aliphatic carbocycles. The molecule has 2 N–H and O–H groups in total. The van der Waals surface area contributed by atoms with Gasteiger partial charge >= 0.3 is 13.8 Å². The molecule has 1 aromatic rings. The molecule has 28 heavy (non-hydrogen) atoms. The van der Waals surface area contributed by atoms with Gasteiger partial charge in [0.1, 0.15) is 11.3 Å². The minimum atomic E-state index is -4.88. The lowest BCUT2D eigenvalue weighted by Gasteiger charge is -2.17. The summed E-state index contributed by atoms with van der Waals surface area (Å²) < 4.78 is 21.3. The van der Waals surface area contributed by atoms with E-state index in [1.54, 1.807) is 7.05 Å². The summed E-state index contributed by atoms with van der Waals surface area (Å²) in [7, 11) is -3.26. The molecule has 9 heteroatoms. The van der Waals surface area contributed by atoms with Crippen molar-refractivity contribution in [3.05, 3.63) is 52.1 Å². The third-order valence-electron chi connectivity index (χ3n) is 4.09. The van der Waals surface area contributed by atoms with Crippen molar-refractivity contribution in [1.82, 2.24) is 0 Å². The van der Waals surface area contributed by atoms with Gasteiger partial charge < -0.3 is 9.26 Å². The van der Waals surface area contributed by atoms with Crippen LogP contribution in [0.2, 0.25) is 5.02 Å². The number of halogens is 1. The van der Waals surface area contributed by atoms with E-state index in [-0.39, 0.29) is 29.4 Å². The van der Waals surface area contributed by atoms with Gasteiger partial charge in [-0.25, -0.2) is 9.36 Å². The highest BCUT2D eigenvalue weighted by molar-refractivity contribution is 7.46. The zero-order valence-electron chi connectivity index (χ0n) is 15.7. The first-order chi connectivity index (χ1) is 13.2. The topological polar surface area (TPSA) is 105 Å². The molecular weight excluding hydrogens is 405 g/mol. The number of nitrogens with zero attached hydrogens (tertiary/aromatic N) is 1. The standard InChI is InChI=1S/C19H23ClNO6P/c1-13-7-5-3-4-6-10-26-19(22)18-15(12-14(11-13)21-2)16(20)8-9-17(18)27-28(23,24)25/h3-4,8-9,11H,5-7,10,12H2,1-2H3,(H2,23,24,25)/b4-3+,13-11+,21-14?. The molecule has 2 rings (SSSR count). The van der Waals surface area contributed by atoms with E-state index in [2.05, 4.69) is 4.99 Å². The summed E-state index contributed by atoms with van der Waals surface area (Å²) in [6, 6.07) is 2.67. The summed E-state index contributed by atoms with van der Waals surface area (Å²) >= 11 is 6.32. The maximum Gasteiger partial charge on any atom is 0.524 e. The van der Waals surface area contributed by atoms with E-state index in [9.17, 15) is 19.1 Å². The molecule has 0 saturated heterocycles. The number of esters is 1. The number of carbonyl (C=O) groups is 1. The van der Waals surface area contributed by atoms with Gasteiger partial charge in [-0.1, -0.05) is 29.3 Å². The monoisotopic (exact) mass is 427 g/mol. The first-order valence-corrected chi connectivity index (χ1v) is 10.6. The van der Waals surface area contributed by atoms with Crippen LogP contribution in [0.4, 0.5) is 0 Å². The van der Waals surface area contributed by atoms with E-state index in [0.29, 0.717) is 17.7 Å². The number of ether oxygens (including phenoxy) is 1. The molecule has 0 bridgehead atoms. The molecular formula is C19H23ClNO6P. The normalized spacial score (nSPS) is 21.1. The Balaban J connectivity index is 2.59. The molecule has 0 unspecified atom stereocenters. The Morgan fingerprint density at radius 3 is 2.64 bits per heavy atom. The molecule has 0 amide bonds. The van der Waals surface area contributed by atoms with E-state index in [4.69, 9.17) is 20.9 Å². The number of phosphoric ester groups is 1. The molecule has 1 aliphatic rings. The molecule has 0 aromatic heterocycles. The number of aliphatic imine (C=N–C) groups is 1. The number of benzene rings is 1. The minimum absolute atomic E-state index is 0.107. The number of hydrogen-bond acceptors (Lipinski definition) is 5. The fraction of sp³-hybridized carbons (Fsp3) is 0.368.